The molecular formula is C9H14N2O2. The van der Waals surface area contributed by atoms with Gasteiger partial charge in [-0.25, -0.2) is 4.98 Å². The van der Waals surface area contributed by atoms with Gasteiger partial charge < -0.3 is 9.72 Å². The Morgan fingerprint density at radius 3 is 3.08 bits per heavy atom. The zero-order valence-corrected chi connectivity index (χ0v) is 7.75. The van der Waals surface area contributed by atoms with E-state index in [4.69, 9.17) is 4.74 Å². The molecule has 0 unspecified atom stereocenters. The van der Waals surface area contributed by atoms with Gasteiger partial charge in [-0.2, -0.15) is 0 Å². The largest absolute Gasteiger partial charge is 0.474 e. The highest BCUT2D eigenvalue weighted by atomic mass is 16.5. The standard InChI is InChI=1S/C9H14N2O2/c1-2-3-4-7-13-9-8(12)10-5-6-11-9/h5-6H,2-4,7H2,1H3,(H,10,12). The average Bonchev–Trinajstić information content (AvgIpc) is 2.15. The van der Waals surface area contributed by atoms with E-state index in [9.17, 15) is 4.79 Å². The molecule has 0 fully saturated rings. The molecule has 0 aliphatic carbocycles. The smallest absolute Gasteiger partial charge is 0.310 e. The summed E-state index contributed by atoms with van der Waals surface area (Å²) >= 11 is 0. The van der Waals surface area contributed by atoms with E-state index in [1.165, 1.54) is 12.4 Å². The summed E-state index contributed by atoms with van der Waals surface area (Å²) in [4.78, 5) is 17.3. The van der Waals surface area contributed by atoms with Crippen LogP contribution in [0.5, 0.6) is 5.88 Å². The monoisotopic (exact) mass is 182 g/mol. The van der Waals surface area contributed by atoms with Crippen molar-refractivity contribution in [3.05, 3.63) is 22.7 Å². The Morgan fingerprint density at radius 2 is 2.38 bits per heavy atom. The Bertz CT molecular complexity index is 296. The number of hydrogen-bond donors (Lipinski definition) is 1. The molecule has 1 N–H and O–H groups in total. The molecule has 1 rings (SSSR count). The van der Waals surface area contributed by atoms with E-state index in [1.54, 1.807) is 0 Å². The van der Waals surface area contributed by atoms with Crippen molar-refractivity contribution in [3.63, 3.8) is 0 Å². The molecule has 1 aromatic rings. The van der Waals surface area contributed by atoms with Crippen LogP contribution >= 0.6 is 0 Å². The van der Waals surface area contributed by atoms with Gasteiger partial charge in [-0.15, -0.1) is 0 Å². The van der Waals surface area contributed by atoms with Crippen LogP contribution < -0.4 is 10.3 Å². The van der Waals surface area contributed by atoms with Gasteiger partial charge in [0.25, 0.3) is 5.88 Å². The Labute approximate surface area is 77.0 Å². The van der Waals surface area contributed by atoms with Crippen molar-refractivity contribution in [2.45, 2.75) is 26.2 Å². The second kappa shape index (κ2) is 5.35. The van der Waals surface area contributed by atoms with E-state index in [-0.39, 0.29) is 11.4 Å². The van der Waals surface area contributed by atoms with E-state index in [0.29, 0.717) is 6.61 Å². The number of nitrogens with zero attached hydrogens (tertiary/aromatic N) is 1. The molecule has 0 aliphatic heterocycles. The van der Waals surface area contributed by atoms with Crippen LogP contribution in [0.25, 0.3) is 0 Å². The van der Waals surface area contributed by atoms with Crippen molar-refractivity contribution in [3.8, 4) is 5.88 Å². The third-order valence-electron chi connectivity index (χ3n) is 1.66. The first-order valence-corrected chi connectivity index (χ1v) is 4.51. The van der Waals surface area contributed by atoms with Gasteiger partial charge >= 0.3 is 5.56 Å². The number of aromatic nitrogens is 2. The van der Waals surface area contributed by atoms with Crippen LogP contribution in [0.2, 0.25) is 0 Å². The van der Waals surface area contributed by atoms with Gasteiger partial charge in [0.2, 0.25) is 0 Å². The molecule has 0 aliphatic rings. The summed E-state index contributed by atoms with van der Waals surface area (Å²) in [7, 11) is 0. The second-order valence-electron chi connectivity index (χ2n) is 2.78. The Balaban J connectivity index is 2.37. The van der Waals surface area contributed by atoms with Crippen LogP contribution in [-0.4, -0.2) is 16.6 Å². The molecular weight excluding hydrogens is 168 g/mol. The number of rotatable bonds is 5. The summed E-state index contributed by atoms with van der Waals surface area (Å²) in [6.45, 7) is 2.68. The predicted molar refractivity (Wildman–Crippen MR) is 49.9 cm³/mol. The molecule has 1 aromatic heterocycles. The lowest BCUT2D eigenvalue weighted by Crippen LogP contribution is -2.12. The van der Waals surface area contributed by atoms with Gasteiger partial charge in [-0.3, -0.25) is 4.79 Å². The van der Waals surface area contributed by atoms with Gasteiger partial charge in [0.05, 0.1) is 6.61 Å². The maximum absolute atomic E-state index is 11.0. The van der Waals surface area contributed by atoms with E-state index in [1.807, 2.05) is 0 Å². The van der Waals surface area contributed by atoms with Crippen LogP contribution in [0.4, 0.5) is 0 Å². The zero-order chi connectivity index (χ0) is 9.52. The molecule has 4 heteroatoms. The third-order valence-corrected chi connectivity index (χ3v) is 1.66. The molecule has 0 atom stereocenters. The molecule has 13 heavy (non-hydrogen) atoms. The van der Waals surface area contributed by atoms with Gasteiger partial charge in [0.1, 0.15) is 0 Å². The maximum atomic E-state index is 11.0. The summed E-state index contributed by atoms with van der Waals surface area (Å²) in [5, 5.41) is 0. The lowest BCUT2D eigenvalue weighted by atomic mass is 10.3. The van der Waals surface area contributed by atoms with E-state index in [2.05, 4.69) is 16.9 Å². The SMILES string of the molecule is CCCCCOc1ncc[nH]c1=O. The first-order chi connectivity index (χ1) is 6.34. The number of nitrogens with one attached hydrogen (secondary N) is 1. The van der Waals surface area contributed by atoms with Crippen molar-refractivity contribution in [1.29, 1.82) is 0 Å². The zero-order valence-electron chi connectivity index (χ0n) is 7.75. The van der Waals surface area contributed by atoms with Crippen molar-refractivity contribution >= 4 is 0 Å². The van der Waals surface area contributed by atoms with Crippen LogP contribution in [0.3, 0.4) is 0 Å². The molecule has 0 saturated heterocycles. The average molecular weight is 182 g/mol. The minimum absolute atomic E-state index is 0.165. The molecule has 72 valence electrons. The van der Waals surface area contributed by atoms with E-state index in [0.717, 1.165) is 19.3 Å². The van der Waals surface area contributed by atoms with E-state index < -0.39 is 0 Å². The van der Waals surface area contributed by atoms with Crippen LogP contribution in [-0.2, 0) is 0 Å². The Kier molecular flexibility index (Phi) is 4.02. The summed E-state index contributed by atoms with van der Waals surface area (Å²) in [6, 6.07) is 0. The normalized spacial score (nSPS) is 9.92. The van der Waals surface area contributed by atoms with Crippen molar-refractivity contribution < 1.29 is 4.74 Å². The maximum Gasteiger partial charge on any atom is 0.310 e. The number of unbranched alkanes of at least 4 members (excludes halogenated alkanes) is 2. The lowest BCUT2D eigenvalue weighted by molar-refractivity contribution is 0.290. The molecule has 0 aromatic carbocycles. The van der Waals surface area contributed by atoms with Crippen molar-refractivity contribution in [1.82, 2.24) is 9.97 Å². The van der Waals surface area contributed by atoms with Crippen LogP contribution in [0.15, 0.2) is 17.2 Å². The quantitative estimate of drug-likeness (QED) is 0.699. The minimum Gasteiger partial charge on any atom is -0.474 e. The van der Waals surface area contributed by atoms with Gasteiger partial charge in [0.15, 0.2) is 0 Å². The van der Waals surface area contributed by atoms with Gasteiger partial charge in [0, 0.05) is 12.4 Å². The summed E-state index contributed by atoms with van der Waals surface area (Å²) in [5.74, 6) is 0.165. The minimum atomic E-state index is -0.265. The number of ether oxygens (including phenoxy) is 1. The molecule has 4 nitrogen and oxygen atoms in total. The van der Waals surface area contributed by atoms with Gasteiger partial charge in [-0.05, 0) is 6.42 Å². The van der Waals surface area contributed by atoms with E-state index >= 15 is 0 Å². The first kappa shape index (κ1) is 9.77. The number of aromatic amines is 1. The Hall–Kier alpha value is -1.32. The molecule has 1 heterocycles. The topological polar surface area (TPSA) is 55.0 Å². The summed E-state index contributed by atoms with van der Waals surface area (Å²) < 4.78 is 5.18. The summed E-state index contributed by atoms with van der Waals surface area (Å²) in [6.07, 6.45) is 6.22. The predicted octanol–water partition coefficient (Wildman–Crippen LogP) is 1.34. The summed E-state index contributed by atoms with van der Waals surface area (Å²) in [5.41, 5.74) is -0.265. The first-order valence-electron chi connectivity index (χ1n) is 4.51. The third kappa shape index (κ3) is 3.27. The van der Waals surface area contributed by atoms with Crippen LogP contribution in [0, 0.1) is 0 Å². The Morgan fingerprint density at radius 1 is 1.54 bits per heavy atom. The molecule has 0 spiro atoms. The highest BCUT2D eigenvalue weighted by molar-refractivity contribution is 5.01. The molecule has 0 bridgehead atoms. The molecule has 0 amide bonds. The highest BCUT2D eigenvalue weighted by Gasteiger charge is 1.98. The fraction of sp³-hybridized carbons (Fsp3) is 0.556. The fourth-order valence-electron chi connectivity index (χ4n) is 0.962. The van der Waals surface area contributed by atoms with Crippen molar-refractivity contribution in [2.75, 3.05) is 6.61 Å². The van der Waals surface area contributed by atoms with Crippen LogP contribution in [0.1, 0.15) is 26.2 Å². The highest BCUT2D eigenvalue weighted by Crippen LogP contribution is 1.98. The number of H-pyrrole nitrogens is 1. The van der Waals surface area contributed by atoms with Crippen molar-refractivity contribution in [2.24, 2.45) is 0 Å². The fourth-order valence-corrected chi connectivity index (χ4v) is 0.962. The second-order valence-corrected chi connectivity index (χ2v) is 2.78. The lowest BCUT2D eigenvalue weighted by Gasteiger charge is -2.01. The van der Waals surface area contributed by atoms with Gasteiger partial charge in [-0.1, -0.05) is 19.8 Å². The molecule has 0 saturated carbocycles. The molecule has 0 radical (unpaired) electrons. The number of hydrogen-bond acceptors (Lipinski definition) is 3.